The Morgan fingerprint density at radius 2 is 1.70 bits per heavy atom. The van der Waals surface area contributed by atoms with Crippen molar-refractivity contribution in [3.63, 3.8) is 0 Å². The van der Waals surface area contributed by atoms with Crippen LogP contribution in [0.2, 0.25) is 0 Å². The number of hydrogen-bond acceptors (Lipinski definition) is 6. The lowest BCUT2D eigenvalue weighted by Crippen LogP contribution is -2.34. The van der Waals surface area contributed by atoms with E-state index >= 15 is 0 Å². The Hall–Kier alpha value is -4.00. The third-order valence-electron chi connectivity index (χ3n) is 4.99. The molecule has 2 aromatic heterocycles. The van der Waals surface area contributed by atoms with Crippen molar-refractivity contribution in [3.05, 3.63) is 78.8 Å². The monoisotopic (exact) mass is 441 g/mol. The maximum Gasteiger partial charge on any atom is 0.408 e. The number of carbonyl (C=O) groups is 1. The van der Waals surface area contributed by atoms with Gasteiger partial charge in [0.1, 0.15) is 5.60 Å². The molecule has 2 heterocycles. The highest BCUT2D eigenvalue weighted by atomic mass is 16.6. The van der Waals surface area contributed by atoms with Gasteiger partial charge in [-0.15, -0.1) is 0 Å². The number of carbonyl (C=O) groups excluding carboxylic acids is 1. The molecule has 1 atom stereocenters. The zero-order valence-corrected chi connectivity index (χ0v) is 19.2. The number of hydrogen-bond donors (Lipinski definition) is 2. The van der Waals surface area contributed by atoms with Crippen LogP contribution < -0.4 is 10.6 Å². The van der Waals surface area contributed by atoms with Crippen molar-refractivity contribution in [2.45, 2.75) is 39.3 Å². The second kappa shape index (κ2) is 9.24. The summed E-state index contributed by atoms with van der Waals surface area (Å²) in [6.45, 7) is 7.43. The van der Waals surface area contributed by atoms with E-state index in [0.29, 0.717) is 5.95 Å². The molecule has 0 bridgehead atoms. The first-order chi connectivity index (χ1) is 15.8. The molecule has 7 nitrogen and oxygen atoms in total. The van der Waals surface area contributed by atoms with Crippen molar-refractivity contribution >= 4 is 28.6 Å². The van der Waals surface area contributed by atoms with Gasteiger partial charge >= 0.3 is 6.09 Å². The second-order valence-corrected chi connectivity index (χ2v) is 8.82. The van der Waals surface area contributed by atoms with Crippen LogP contribution in [0.15, 0.2) is 73.2 Å². The number of nitrogens with one attached hydrogen (secondary N) is 2. The maximum atomic E-state index is 12.0. The summed E-state index contributed by atoms with van der Waals surface area (Å²) in [5.41, 5.74) is 4.35. The Labute approximate surface area is 193 Å². The zero-order valence-electron chi connectivity index (χ0n) is 19.2. The third-order valence-corrected chi connectivity index (χ3v) is 4.99. The normalized spacial score (nSPS) is 12.2. The first kappa shape index (κ1) is 22.2. The van der Waals surface area contributed by atoms with Gasteiger partial charge in [-0.05, 0) is 80.8 Å². The predicted molar refractivity (Wildman–Crippen MR) is 130 cm³/mol. The smallest absolute Gasteiger partial charge is 0.408 e. The molecule has 4 aromatic rings. The lowest BCUT2D eigenvalue weighted by atomic mass is 10.1. The molecule has 0 unspecified atom stereocenters. The van der Waals surface area contributed by atoms with E-state index in [2.05, 4.69) is 31.7 Å². The number of alkyl carbamates (subject to hydrolysis) is 1. The van der Waals surface area contributed by atoms with E-state index in [-0.39, 0.29) is 6.04 Å². The minimum atomic E-state index is -0.530. The van der Waals surface area contributed by atoms with Crippen LogP contribution in [0.1, 0.15) is 39.3 Å². The molecule has 0 saturated carbocycles. The van der Waals surface area contributed by atoms with Crippen LogP contribution in [0, 0.1) is 0 Å². The number of amides is 1. The van der Waals surface area contributed by atoms with Crippen molar-refractivity contribution in [2.24, 2.45) is 0 Å². The van der Waals surface area contributed by atoms with E-state index in [1.54, 1.807) is 12.4 Å². The van der Waals surface area contributed by atoms with Gasteiger partial charge in [0.05, 0.1) is 11.6 Å². The summed E-state index contributed by atoms with van der Waals surface area (Å²) in [5.74, 6) is 0.520. The molecule has 2 aromatic carbocycles. The van der Waals surface area contributed by atoms with Gasteiger partial charge in [0.25, 0.3) is 0 Å². The van der Waals surface area contributed by atoms with Gasteiger partial charge in [0, 0.05) is 29.7 Å². The topological polar surface area (TPSA) is 89.0 Å². The van der Waals surface area contributed by atoms with Crippen molar-refractivity contribution in [3.8, 4) is 11.1 Å². The summed E-state index contributed by atoms with van der Waals surface area (Å²) < 4.78 is 5.32. The molecule has 0 saturated heterocycles. The molecule has 0 spiro atoms. The van der Waals surface area contributed by atoms with Crippen molar-refractivity contribution in [1.82, 2.24) is 20.3 Å². The number of aromatic nitrogens is 3. The number of rotatable bonds is 5. The number of benzene rings is 2. The standard InChI is InChI=1S/C26H27N5O2/c1-17(29-25(32)33-26(2,3)4)18-5-8-22(9-6-18)30-24-28-16-21-15-20(7-10-23(21)31-24)19-11-13-27-14-12-19/h5-17H,1-4H3,(H,29,32)(H,28,30,31)/t17-/m1/s1. The molecule has 1 amide bonds. The third kappa shape index (κ3) is 5.83. The summed E-state index contributed by atoms with van der Waals surface area (Å²) in [6, 6.07) is 17.7. The Bertz CT molecular complexity index is 1250. The Morgan fingerprint density at radius 3 is 2.39 bits per heavy atom. The quantitative estimate of drug-likeness (QED) is 0.394. The molecular formula is C26H27N5O2. The molecular weight excluding hydrogens is 414 g/mol. The molecule has 0 aliphatic rings. The van der Waals surface area contributed by atoms with Crippen LogP contribution in [0.25, 0.3) is 22.0 Å². The van der Waals surface area contributed by atoms with E-state index in [4.69, 9.17) is 4.74 Å². The molecule has 7 heteroatoms. The van der Waals surface area contributed by atoms with E-state index in [9.17, 15) is 4.79 Å². The Kier molecular flexibility index (Phi) is 6.22. The number of anilines is 2. The van der Waals surface area contributed by atoms with Gasteiger partial charge in [-0.1, -0.05) is 18.2 Å². The van der Waals surface area contributed by atoms with E-state index < -0.39 is 11.7 Å². The summed E-state index contributed by atoms with van der Waals surface area (Å²) in [6.07, 6.45) is 4.94. The molecule has 0 fully saturated rings. The lowest BCUT2D eigenvalue weighted by Gasteiger charge is -2.22. The predicted octanol–water partition coefficient (Wildman–Crippen LogP) is 6.02. The molecule has 0 aliphatic carbocycles. The number of pyridine rings is 1. The van der Waals surface area contributed by atoms with Crippen LogP contribution in [0.5, 0.6) is 0 Å². The van der Waals surface area contributed by atoms with Crippen LogP contribution in [-0.2, 0) is 4.74 Å². The van der Waals surface area contributed by atoms with Gasteiger partial charge in [-0.3, -0.25) is 4.98 Å². The van der Waals surface area contributed by atoms with E-state index in [1.165, 1.54) is 0 Å². The number of nitrogens with zero attached hydrogens (tertiary/aromatic N) is 3. The average molecular weight is 442 g/mol. The van der Waals surface area contributed by atoms with Gasteiger partial charge < -0.3 is 15.4 Å². The summed E-state index contributed by atoms with van der Waals surface area (Å²) in [5, 5.41) is 7.05. The van der Waals surface area contributed by atoms with Crippen LogP contribution in [0.4, 0.5) is 16.4 Å². The minimum absolute atomic E-state index is 0.180. The zero-order chi connectivity index (χ0) is 23.4. The highest BCUT2D eigenvalue weighted by Crippen LogP contribution is 2.24. The fourth-order valence-electron chi connectivity index (χ4n) is 3.37. The van der Waals surface area contributed by atoms with Gasteiger partial charge in [-0.25, -0.2) is 14.8 Å². The molecule has 0 radical (unpaired) electrons. The van der Waals surface area contributed by atoms with E-state index in [1.807, 2.05) is 82.4 Å². The fraction of sp³-hybridized carbons (Fsp3) is 0.231. The highest BCUT2D eigenvalue weighted by Gasteiger charge is 2.18. The Morgan fingerprint density at radius 1 is 0.970 bits per heavy atom. The SMILES string of the molecule is C[C@@H](NC(=O)OC(C)(C)C)c1ccc(Nc2ncc3cc(-c4ccncc4)ccc3n2)cc1. The number of fused-ring (bicyclic) bond motifs is 1. The van der Waals surface area contributed by atoms with Crippen molar-refractivity contribution in [1.29, 1.82) is 0 Å². The summed E-state index contributed by atoms with van der Waals surface area (Å²) >= 11 is 0. The van der Waals surface area contributed by atoms with Gasteiger partial charge in [0.15, 0.2) is 0 Å². The Balaban J connectivity index is 1.43. The first-order valence-corrected chi connectivity index (χ1v) is 10.8. The van der Waals surface area contributed by atoms with Crippen LogP contribution in [0.3, 0.4) is 0 Å². The summed E-state index contributed by atoms with van der Waals surface area (Å²) in [7, 11) is 0. The van der Waals surface area contributed by atoms with Crippen molar-refractivity contribution in [2.75, 3.05) is 5.32 Å². The van der Waals surface area contributed by atoms with Crippen molar-refractivity contribution < 1.29 is 9.53 Å². The maximum absolute atomic E-state index is 12.0. The highest BCUT2D eigenvalue weighted by molar-refractivity contribution is 5.84. The van der Waals surface area contributed by atoms with Crippen LogP contribution in [-0.4, -0.2) is 26.6 Å². The number of ether oxygens (including phenoxy) is 1. The summed E-state index contributed by atoms with van der Waals surface area (Å²) in [4.78, 5) is 25.1. The molecule has 0 aliphatic heterocycles. The molecule has 168 valence electrons. The fourth-order valence-corrected chi connectivity index (χ4v) is 3.37. The minimum Gasteiger partial charge on any atom is -0.444 e. The average Bonchev–Trinajstić information content (AvgIpc) is 2.78. The second-order valence-electron chi connectivity index (χ2n) is 8.82. The largest absolute Gasteiger partial charge is 0.444 e. The van der Waals surface area contributed by atoms with E-state index in [0.717, 1.165) is 33.3 Å². The van der Waals surface area contributed by atoms with Crippen LogP contribution >= 0.6 is 0 Å². The van der Waals surface area contributed by atoms with Gasteiger partial charge in [-0.2, -0.15) is 0 Å². The molecule has 2 N–H and O–H groups in total. The molecule has 33 heavy (non-hydrogen) atoms. The molecule has 4 rings (SSSR count). The van der Waals surface area contributed by atoms with Gasteiger partial charge in [0.2, 0.25) is 5.95 Å². The first-order valence-electron chi connectivity index (χ1n) is 10.8. The lowest BCUT2D eigenvalue weighted by molar-refractivity contribution is 0.0508.